The lowest BCUT2D eigenvalue weighted by Crippen LogP contribution is -2.51. The SMILES string of the molecule is CC1(C)CC(O)(CNCc2cccs2)CCO1.O=C(O)C(=O)O. The van der Waals surface area contributed by atoms with Gasteiger partial charge in [-0.25, -0.2) is 9.59 Å². The summed E-state index contributed by atoms with van der Waals surface area (Å²) >= 11 is 1.74. The molecule has 2 heterocycles. The third-order valence-corrected chi connectivity index (χ3v) is 4.21. The number of hydrogen-bond donors (Lipinski definition) is 4. The Labute approximate surface area is 138 Å². The molecule has 1 aromatic rings. The van der Waals surface area contributed by atoms with Crippen molar-refractivity contribution in [1.29, 1.82) is 0 Å². The summed E-state index contributed by atoms with van der Waals surface area (Å²) in [5.74, 6) is -3.65. The largest absolute Gasteiger partial charge is 0.473 e. The number of nitrogens with one attached hydrogen (secondary N) is 1. The molecule has 7 nitrogen and oxygen atoms in total. The van der Waals surface area contributed by atoms with E-state index in [-0.39, 0.29) is 5.60 Å². The van der Waals surface area contributed by atoms with Gasteiger partial charge >= 0.3 is 11.9 Å². The van der Waals surface area contributed by atoms with Crippen molar-refractivity contribution in [3.05, 3.63) is 22.4 Å². The number of aliphatic hydroxyl groups is 1. The summed E-state index contributed by atoms with van der Waals surface area (Å²) in [6.07, 6.45) is 1.41. The molecule has 0 bridgehead atoms. The number of carboxylic acids is 2. The second-order valence-electron chi connectivity index (χ2n) is 6.05. The van der Waals surface area contributed by atoms with Gasteiger partial charge in [0.25, 0.3) is 0 Å². The van der Waals surface area contributed by atoms with Crippen molar-refractivity contribution in [2.24, 2.45) is 0 Å². The van der Waals surface area contributed by atoms with Crippen molar-refractivity contribution in [2.45, 2.75) is 44.4 Å². The number of carbonyl (C=O) groups is 2. The predicted octanol–water partition coefficient (Wildman–Crippen LogP) is 1.31. The van der Waals surface area contributed by atoms with Crippen molar-refractivity contribution in [3.63, 3.8) is 0 Å². The van der Waals surface area contributed by atoms with Gasteiger partial charge in [-0.1, -0.05) is 6.07 Å². The highest BCUT2D eigenvalue weighted by Crippen LogP contribution is 2.31. The molecule has 0 amide bonds. The normalized spacial score (nSPS) is 22.7. The first-order valence-corrected chi connectivity index (χ1v) is 8.07. The third-order valence-electron chi connectivity index (χ3n) is 3.33. The van der Waals surface area contributed by atoms with Crippen LogP contribution in [0.3, 0.4) is 0 Å². The van der Waals surface area contributed by atoms with Crippen molar-refractivity contribution in [2.75, 3.05) is 13.2 Å². The van der Waals surface area contributed by atoms with Crippen molar-refractivity contribution < 1.29 is 29.6 Å². The van der Waals surface area contributed by atoms with Crippen molar-refractivity contribution >= 4 is 23.3 Å². The van der Waals surface area contributed by atoms with E-state index in [0.29, 0.717) is 26.0 Å². The number of carboxylic acid groups (broad SMARTS) is 2. The van der Waals surface area contributed by atoms with Crippen LogP contribution < -0.4 is 5.32 Å². The maximum absolute atomic E-state index is 10.5. The van der Waals surface area contributed by atoms with Gasteiger partial charge in [-0.3, -0.25) is 0 Å². The summed E-state index contributed by atoms with van der Waals surface area (Å²) < 4.78 is 5.63. The molecule has 130 valence electrons. The molecule has 0 radical (unpaired) electrons. The lowest BCUT2D eigenvalue weighted by molar-refractivity contribution is -0.159. The fourth-order valence-corrected chi connectivity index (χ4v) is 3.11. The van der Waals surface area contributed by atoms with Crippen LogP contribution in [-0.4, -0.2) is 51.6 Å². The highest BCUT2D eigenvalue weighted by atomic mass is 32.1. The van der Waals surface area contributed by atoms with Gasteiger partial charge in [0.2, 0.25) is 0 Å². The molecule has 1 aliphatic rings. The van der Waals surface area contributed by atoms with Crippen LogP contribution in [0, 0.1) is 0 Å². The minimum atomic E-state index is -1.82. The fraction of sp³-hybridized carbons (Fsp3) is 0.600. The van der Waals surface area contributed by atoms with Gasteiger partial charge in [0, 0.05) is 30.8 Å². The Morgan fingerprint density at radius 2 is 2.00 bits per heavy atom. The summed E-state index contributed by atoms with van der Waals surface area (Å²) in [5.41, 5.74) is -0.837. The molecule has 23 heavy (non-hydrogen) atoms. The first kappa shape index (κ1) is 19.6. The predicted molar refractivity (Wildman–Crippen MR) is 85.5 cm³/mol. The molecule has 0 aliphatic carbocycles. The van der Waals surface area contributed by atoms with Crippen LogP contribution in [0.25, 0.3) is 0 Å². The fourth-order valence-electron chi connectivity index (χ4n) is 2.43. The van der Waals surface area contributed by atoms with Gasteiger partial charge in [-0.05, 0) is 25.3 Å². The molecule has 1 aliphatic heterocycles. The zero-order valence-corrected chi connectivity index (χ0v) is 14.1. The van der Waals surface area contributed by atoms with Crippen molar-refractivity contribution in [1.82, 2.24) is 5.32 Å². The number of thiophene rings is 1. The van der Waals surface area contributed by atoms with Crippen LogP contribution in [0.15, 0.2) is 17.5 Å². The smallest absolute Gasteiger partial charge is 0.414 e. The van der Waals surface area contributed by atoms with E-state index in [0.717, 1.165) is 6.54 Å². The third kappa shape index (κ3) is 7.56. The molecule has 8 heteroatoms. The molecule has 1 atom stereocenters. The van der Waals surface area contributed by atoms with E-state index >= 15 is 0 Å². The number of ether oxygens (including phenoxy) is 1. The molecule has 0 spiro atoms. The Balaban J connectivity index is 0.000000379. The second kappa shape index (κ2) is 8.39. The van der Waals surface area contributed by atoms with E-state index in [9.17, 15) is 5.11 Å². The Kier molecular flexibility index (Phi) is 7.14. The average Bonchev–Trinajstić information content (AvgIpc) is 2.90. The van der Waals surface area contributed by atoms with E-state index in [2.05, 4.69) is 16.8 Å². The summed E-state index contributed by atoms with van der Waals surface area (Å²) in [5, 5.41) is 30.7. The van der Waals surface area contributed by atoms with Gasteiger partial charge in [-0.15, -0.1) is 11.3 Å². The first-order chi connectivity index (χ1) is 10.6. The zero-order valence-electron chi connectivity index (χ0n) is 13.2. The topological polar surface area (TPSA) is 116 Å². The first-order valence-electron chi connectivity index (χ1n) is 7.19. The molecular weight excluding hydrogens is 322 g/mol. The minimum absolute atomic E-state index is 0.211. The molecule has 2 rings (SSSR count). The Hall–Kier alpha value is -1.48. The Bertz CT molecular complexity index is 504. The van der Waals surface area contributed by atoms with Gasteiger partial charge < -0.3 is 25.4 Å². The zero-order chi connectivity index (χ0) is 17.5. The van der Waals surface area contributed by atoms with Gasteiger partial charge in [-0.2, -0.15) is 0 Å². The van der Waals surface area contributed by atoms with E-state index in [4.69, 9.17) is 24.5 Å². The second-order valence-corrected chi connectivity index (χ2v) is 7.08. The van der Waals surface area contributed by atoms with Crippen LogP contribution in [0.5, 0.6) is 0 Å². The van der Waals surface area contributed by atoms with Gasteiger partial charge in [0.05, 0.1) is 17.8 Å². The van der Waals surface area contributed by atoms with Crippen LogP contribution in [0.2, 0.25) is 0 Å². The summed E-state index contributed by atoms with van der Waals surface area (Å²) in [7, 11) is 0. The maximum Gasteiger partial charge on any atom is 0.414 e. The molecule has 1 saturated heterocycles. The monoisotopic (exact) mass is 345 g/mol. The lowest BCUT2D eigenvalue weighted by atomic mass is 9.84. The Morgan fingerprint density at radius 1 is 1.35 bits per heavy atom. The number of hydrogen-bond acceptors (Lipinski definition) is 6. The summed E-state index contributed by atoms with van der Waals surface area (Å²) in [4.78, 5) is 19.5. The lowest BCUT2D eigenvalue weighted by Gasteiger charge is -2.41. The van der Waals surface area contributed by atoms with Crippen LogP contribution in [-0.2, 0) is 20.9 Å². The molecule has 1 aromatic heterocycles. The number of aliphatic carboxylic acids is 2. The Morgan fingerprint density at radius 3 is 2.48 bits per heavy atom. The highest BCUT2D eigenvalue weighted by Gasteiger charge is 2.38. The van der Waals surface area contributed by atoms with Gasteiger partial charge in [0.1, 0.15) is 0 Å². The standard InChI is InChI=1S/C13H21NO2S.C2H2O4/c1-12(2)9-13(15,5-6-16-12)10-14-8-11-4-3-7-17-11;3-1(4)2(5)6/h3-4,7,14-15H,5-6,8-10H2,1-2H3;(H,3,4)(H,5,6). The minimum Gasteiger partial charge on any atom is -0.473 e. The molecule has 1 unspecified atom stereocenters. The summed E-state index contributed by atoms with van der Waals surface area (Å²) in [6, 6.07) is 4.16. The highest BCUT2D eigenvalue weighted by molar-refractivity contribution is 7.09. The summed E-state index contributed by atoms with van der Waals surface area (Å²) in [6.45, 7) is 6.19. The van der Waals surface area contributed by atoms with E-state index in [1.165, 1.54) is 4.88 Å². The van der Waals surface area contributed by atoms with E-state index in [1.54, 1.807) is 11.3 Å². The average molecular weight is 345 g/mol. The van der Waals surface area contributed by atoms with Crippen LogP contribution in [0.1, 0.15) is 31.6 Å². The molecule has 0 aromatic carbocycles. The van der Waals surface area contributed by atoms with E-state index < -0.39 is 17.5 Å². The van der Waals surface area contributed by atoms with Crippen LogP contribution >= 0.6 is 11.3 Å². The molecular formula is C15H23NO6S. The quantitative estimate of drug-likeness (QED) is 0.608. The molecule has 4 N–H and O–H groups in total. The maximum atomic E-state index is 10.5. The molecule has 0 saturated carbocycles. The van der Waals surface area contributed by atoms with Crippen molar-refractivity contribution in [3.8, 4) is 0 Å². The van der Waals surface area contributed by atoms with Gasteiger partial charge in [0.15, 0.2) is 0 Å². The molecule has 1 fully saturated rings. The number of rotatable bonds is 4. The van der Waals surface area contributed by atoms with Crippen LogP contribution in [0.4, 0.5) is 0 Å². The van der Waals surface area contributed by atoms with E-state index in [1.807, 2.05) is 19.9 Å².